The van der Waals surface area contributed by atoms with Crippen LogP contribution in [-0.2, 0) is 11.2 Å². The Morgan fingerprint density at radius 2 is 1.89 bits per heavy atom. The summed E-state index contributed by atoms with van der Waals surface area (Å²) in [5.41, 5.74) is 1.19. The first-order valence-electron chi connectivity index (χ1n) is 9.84. The lowest BCUT2D eigenvalue weighted by Gasteiger charge is -2.17. The Morgan fingerprint density at radius 3 is 2.50 bits per heavy atom. The van der Waals surface area contributed by atoms with Crippen LogP contribution in [0, 0.1) is 5.92 Å². The first-order valence-corrected chi connectivity index (χ1v) is 9.84. The average molecular weight is 393 g/mol. The Labute approximate surface area is 169 Å². The molecule has 1 unspecified atom stereocenters. The SMILES string of the molecule is CCCCNC(=NCC(=O)N(C)C)NCC(C)Cc1ccc(OC)c(OC)c1. The maximum absolute atomic E-state index is 11.8. The summed E-state index contributed by atoms with van der Waals surface area (Å²) in [7, 11) is 6.76. The number of nitrogens with one attached hydrogen (secondary N) is 2. The van der Waals surface area contributed by atoms with Crippen LogP contribution in [0.1, 0.15) is 32.3 Å². The number of amides is 1. The van der Waals surface area contributed by atoms with E-state index >= 15 is 0 Å². The van der Waals surface area contributed by atoms with Gasteiger partial charge in [-0.2, -0.15) is 0 Å². The van der Waals surface area contributed by atoms with E-state index in [1.165, 1.54) is 5.56 Å². The highest BCUT2D eigenvalue weighted by molar-refractivity contribution is 5.84. The van der Waals surface area contributed by atoms with Crippen molar-refractivity contribution in [2.75, 3.05) is 47.9 Å². The van der Waals surface area contributed by atoms with Crippen molar-refractivity contribution in [1.82, 2.24) is 15.5 Å². The lowest BCUT2D eigenvalue weighted by Crippen LogP contribution is -2.41. The van der Waals surface area contributed by atoms with E-state index in [1.54, 1.807) is 33.2 Å². The number of likely N-dealkylation sites (N-methyl/N-ethyl adjacent to an activating group) is 1. The van der Waals surface area contributed by atoms with E-state index < -0.39 is 0 Å². The largest absolute Gasteiger partial charge is 0.493 e. The van der Waals surface area contributed by atoms with Gasteiger partial charge in [-0.05, 0) is 36.5 Å². The summed E-state index contributed by atoms with van der Waals surface area (Å²) in [5, 5.41) is 6.66. The smallest absolute Gasteiger partial charge is 0.243 e. The van der Waals surface area contributed by atoms with E-state index in [0.29, 0.717) is 11.9 Å². The third kappa shape index (κ3) is 8.50. The quantitative estimate of drug-likeness (QED) is 0.343. The van der Waals surface area contributed by atoms with Gasteiger partial charge in [0.15, 0.2) is 17.5 Å². The third-order valence-corrected chi connectivity index (χ3v) is 4.34. The van der Waals surface area contributed by atoms with Gasteiger partial charge in [-0.3, -0.25) is 4.79 Å². The van der Waals surface area contributed by atoms with Crippen LogP contribution in [0.15, 0.2) is 23.2 Å². The predicted molar refractivity (Wildman–Crippen MR) is 114 cm³/mol. The molecular weight excluding hydrogens is 356 g/mol. The first-order chi connectivity index (χ1) is 13.4. The highest BCUT2D eigenvalue weighted by Crippen LogP contribution is 2.28. The molecular formula is C21H36N4O3. The van der Waals surface area contributed by atoms with Crippen LogP contribution in [0.3, 0.4) is 0 Å². The summed E-state index contributed by atoms with van der Waals surface area (Å²) >= 11 is 0. The highest BCUT2D eigenvalue weighted by Gasteiger charge is 2.10. The van der Waals surface area contributed by atoms with Gasteiger partial charge in [-0.1, -0.05) is 26.3 Å². The number of carbonyl (C=O) groups is 1. The minimum atomic E-state index is -0.0185. The maximum Gasteiger partial charge on any atom is 0.243 e. The third-order valence-electron chi connectivity index (χ3n) is 4.34. The van der Waals surface area contributed by atoms with Gasteiger partial charge in [-0.25, -0.2) is 4.99 Å². The summed E-state index contributed by atoms with van der Waals surface area (Å²) in [6.07, 6.45) is 3.06. The van der Waals surface area contributed by atoms with Crippen LogP contribution < -0.4 is 20.1 Å². The molecule has 1 rings (SSSR count). The second-order valence-corrected chi connectivity index (χ2v) is 7.11. The number of methoxy groups -OCH3 is 2. The van der Waals surface area contributed by atoms with Gasteiger partial charge < -0.3 is 25.0 Å². The Kier molecular flexibility index (Phi) is 10.8. The lowest BCUT2D eigenvalue weighted by atomic mass is 10.0. The number of ether oxygens (including phenoxy) is 2. The molecule has 1 atom stereocenters. The zero-order chi connectivity index (χ0) is 20.9. The molecule has 7 nitrogen and oxygen atoms in total. The fraction of sp³-hybridized carbons (Fsp3) is 0.619. The van der Waals surface area contributed by atoms with Crippen LogP contribution in [0.4, 0.5) is 0 Å². The molecule has 0 aliphatic carbocycles. The second kappa shape index (κ2) is 12.9. The maximum atomic E-state index is 11.8. The molecule has 1 aromatic carbocycles. The molecule has 0 aliphatic heterocycles. The number of carbonyl (C=O) groups excluding carboxylic acids is 1. The van der Waals surface area contributed by atoms with E-state index in [1.807, 2.05) is 12.1 Å². The molecule has 0 heterocycles. The molecule has 28 heavy (non-hydrogen) atoms. The minimum Gasteiger partial charge on any atom is -0.493 e. The van der Waals surface area contributed by atoms with Crippen LogP contribution in [-0.4, -0.2) is 64.7 Å². The van der Waals surface area contributed by atoms with E-state index in [4.69, 9.17) is 9.47 Å². The number of guanidine groups is 1. The van der Waals surface area contributed by atoms with Gasteiger partial charge in [-0.15, -0.1) is 0 Å². The summed E-state index contributed by atoms with van der Waals surface area (Å²) in [6, 6.07) is 6.00. The summed E-state index contributed by atoms with van der Waals surface area (Å²) in [5.74, 6) is 2.52. The van der Waals surface area contributed by atoms with Crippen LogP contribution in [0.2, 0.25) is 0 Å². The molecule has 0 aliphatic rings. The molecule has 1 aromatic rings. The van der Waals surface area contributed by atoms with Crippen LogP contribution >= 0.6 is 0 Å². The van der Waals surface area contributed by atoms with Crippen LogP contribution in [0.25, 0.3) is 0 Å². The minimum absolute atomic E-state index is 0.0185. The van der Waals surface area contributed by atoms with Crippen molar-refractivity contribution in [3.05, 3.63) is 23.8 Å². The van der Waals surface area contributed by atoms with Gasteiger partial charge in [0.1, 0.15) is 6.54 Å². The van der Waals surface area contributed by atoms with Crippen molar-refractivity contribution >= 4 is 11.9 Å². The number of aliphatic imine (C=N–C) groups is 1. The molecule has 7 heteroatoms. The number of unbranched alkanes of at least 4 members (excludes halogenated alkanes) is 1. The topological polar surface area (TPSA) is 75.2 Å². The van der Waals surface area contributed by atoms with Crippen molar-refractivity contribution in [3.8, 4) is 11.5 Å². The van der Waals surface area contributed by atoms with Crippen molar-refractivity contribution in [1.29, 1.82) is 0 Å². The molecule has 0 saturated heterocycles. The zero-order valence-electron chi connectivity index (χ0n) is 18.2. The lowest BCUT2D eigenvalue weighted by molar-refractivity contribution is -0.127. The van der Waals surface area contributed by atoms with Gasteiger partial charge >= 0.3 is 0 Å². The van der Waals surface area contributed by atoms with Crippen molar-refractivity contribution < 1.29 is 14.3 Å². The average Bonchev–Trinajstić information content (AvgIpc) is 2.69. The molecule has 0 spiro atoms. The Bertz CT molecular complexity index is 632. The normalized spacial score (nSPS) is 12.3. The summed E-state index contributed by atoms with van der Waals surface area (Å²) < 4.78 is 10.7. The molecule has 0 bridgehead atoms. The number of benzene rings is 1. The molecule has 0 saturated carbocycles. The zero-order valence-corrected chi connectivity index (χ0v) is 18.2. The van der Waals surface area contributed by atoms with Crippen molar-refractivity contribution in [3.63, 3.8) is 0 Å². The Morgan fingerprint density at radius 1 is 1.18 bits per heavy atom. The van der Waals surface area contributed by atoms with Crippen molar-refractivity contribution in [2.45, 2.75) is 33.1 Å². The Balaban J connectivity index is 2.64. The molecule has 0 fully saturated rings. The monoisotopic (exact) mass is 392 g/mol. The van der Waals surface area contributed by atoms with E-state index in [2.05, 4.69) is 35.5 Å². The van der Waals surface area contributed by atoms with E-state index in [9.17, 15) is 4.79 Å². The fourth-order valence-corrected chi connectivity index (χ4v) is 2.60. The van der Waals surface area contributed by atoms with Gasteiger partial charge in [0, 0.05) is 27.2 Å². The van der Waals surface area contributed by atoms with Gasteiger partial charge in [0.2, 0.25) is 5.91 Å². The number of rotatable bonds is 11. The number of hydrogen-bond donors (Lipinski definition) is 2. The molecule has 158 valence electrons. The molecule has 2 N–H and O–H groups in total. The summed E-state index contributed by atoms with van der Waals surface area (Å²) in [6.45, 7) is 6.05. The molecule has 0 radical (unpaired) electrons. The number of hydrogen-bond acceptors (Lipinski definition) is 4. The van der Waals surface area contributed by atoms with E-state index in [0.717, 1.165) is 43.9 Å². The van der Waals surface area contributed by atoms with Gasteiger partial charge in [0.25, 0.3) is 0 Å². The molecule has 1 amide bonds. The summed E-state index contributed by atoms with van der Waals surface area (Å²) in [4.78, 5) is 17.8. The highest BCUT2D eigenvalue weighted by atomic mass is 16.5. The van der Waals surface area contributed by atoms with Crippen molar-refractivity contribution in [2.24, 2.45) is 10.9 Å². The van der Waals surface area contributed by atoms with Gasteiger partial charge in [0.05, 0.1) is 14.2 Å². The predicted octanol–water partition coefficient (Wildman–Crippen LogP) is 2.31. The second-order valence-electron chi connectivity index (χ2n) is 7.11. The Hall–Kier alpha value is -2.44. The fourth-order valence-electron chi connectivity index (χ4n) is 2.60. The first kappa shape index (κ1) is 23.6. The van der Waals surface area contributed by atoms with Crippen LogP contribution in [0.5, 0.6) is 11.5 Å². The standard InChI is InChI=1S/C21H36N4O3/c1-7-8-11-22-21(24-15-20(26)25(3)4)23-14-16(2)12-17-9-10-18(27-5)19(13-17)28-6/h9-10,13,16H,7-8,11-12,14-15H2,1-6H3,(H2,22,23,24). The van der Waals surface area contributed by atoms with E-state index in [-0.39, 0.29) is 12.5 Å². The number of nitrogens with zero attached hydrogens (tertiary/aromatic N) is 2. The molecule has 0 aromatic heterocycles.